The highest BCUT2D eigenvalue weighted by Crippen LogP contribution is 2.40. The van der Waals surface area contributed by atoms with Gasteiger partial charge in [0.2, 0.25) is 0 Å². The maximum atomic E-state index is 12.3. The highest BCUT2D eigenvalue weighted by Gasteiger charge is 2.39. The second kappa shape index (κ2) is 6.53. The van der Waals surface area contributed by atoms with Crippen molar-refractivity contribution in [3.8, 4) is 0 Å². The molecule has 0 unspecified atom stereocenters. The lowest BCUT2D eigenvalue weighted by molar-refractivity contribution is -0.111. The molecular weight excluding hydrogens is 330 g/mol. The molecule has 0 saturated heterocycles. The number of anilines is 2. The monoisotopic (exact) mass is 347 g/mol. The van der Waals surface area contributed by atoms with Crippen molar-refractivity contribution in [2.24, 2.45) is 5.10 Å². The Hall–Kier alpha value is -2.92. The van der Waals surface area contributed by atoms with Crippen molar-refractivity contribution in [1.29, 1.82) is 0 Å². The lowest BCUT2D eigenvalue weighted by atomic mass is 10.2. The number of carbonyl (C=O) groups is 1. The summed E-state index contributed by atoms with van der Waals surface area (Å²) in [5, 5.41) is 8.66. The summed E-state index contributed by atoms with van der Waals surface area (Å²) in [6.07, 6.45) is -0.177. The van der Waals surface area contributed by atoms with Gasteiger partial charge in [-0.2, -0.15) is 0 Å². The Morgan fingerprint density at radius 2 is 1.56 bits per heavy atom. The van der Waals surface area contributed by atoms with Crippen molar-refractivity contribution in [3.63, 3.8) is 0 Å². The van der Waals surface area contributed by atoms with Gasteiger partial charge in [0.1, 0.15) is 0 Å². The highest BCUT2D eigenvalue weighted by atomic mass is 32.1. The number of para-hydroxylation sites is 2. The summed E-state index contributed by atoms with van der Waals surface area (Å²) in [6, 6.07) is 24.0. The SMILES string of the molecule is CC(=O)C1=NN(c2ccccc2)[C@H](c2cccs2)N1c1ccccc1. The van der Waals surface area contributed by atoms with Crippen LogP contribution in [0.1, 0.15) is 18.0 Å². The molecule has 4 nitrogen and oxygen atoms in total. The number of hydrogen-bond acceptors (Lipinski definition) is 5. The number of thiophene rings is 1. The van der Waals surface area contributed by atoms with Gasteiger partial charge in [0, 0.05) is 17.5 Å². The number of ketones is 1. The molecule has 1 atom stereocenters. The molecule has 3 aromatic rings. The number of benzene rings is 2. The second-order valence-electron chi connectivity index (χ2n) is 5.75. The molecule has 4 rings (SSSR count). The molecule has 0 amide bonds. The molecule has 0 spiro atoms. The van der Waals surface area contributed by atoms with Crippen molar-refractivity contribution in [1.82, 2.24) is 0 Å². The van der Waals surface area contributed by atoms with E-state index in [1.165, 1.54) is 0 Å². The Balaban J connectivity index is 1.88. The topological polar surface area (TPSA) is 35.9 Å². The van der Waals surface area contributed by atoms with E-state index in [0.717, 1.165) is 16.3 Å². The van der Waals surface area contributed by atoms with Crippen LogP contribution in [0.15, 0.2) is 83.3 Å². The lowest BCUT2D eigenvalue weighted by Crippen LogP contribution is -2.37. The normalized spacial score (nSPS) is 16.8. The number of Topliss-reactive ketones (excluding diaryl/α,β-unsaturated/α-hetero) is 1. The number of nitrogens with zero attached hydrogens (tertiary/aromatic N) is 3. The third-order valence-corrected chi connectivity index (χ3v) is 4.99. The number of amidine groups is 1. The second-order valence-corrected chi connectivity index (χ2v) is 6.73. The Morgan fingerprint density at radius 3 is 2.12 bits per heavy atom. The lowest BCUT2D eigenvalue weighted by Gasteiger charge is -2.30. The van der Waals surface area contributed by atoms with Crippen molar-refractivity contribution < 1.29 is 4.79 Å². The summed E-state index contributed by atoms with van der Waals surface area (Å²) in [7, 11) is 0. The molecule has 0 radical (unpaired) electrons. The van der Waals surface area contributed by atoms with Gasteiger partial charge in [0.25, 0.3) is 0 Å². The molecule has 124 valence electrons. The van der Waals surface area contributed by atoms with Crippen LogP contribution in [0.2, 0.25) is 0 Å². The van der Waals surface area contributed by atoms with Crippen molar-refractivity contribution in [2.75, 3.05) is 9.91 Å². The molecule has 5 heteroatoms. The molecule has 0 fully saturated rings. The molecule has 0 aliphatic carbocycles. The minimum atomic E-state index is -0.177. The fraction of sp³-hybridized carbons (Fsp3) is 0.100. The summed E-state index contributed by atoms with van der Waals surface area (Å²) in [5.41, 5.74) is 1.91. The Kier molecular flexibility index (Phi) is 4.07. The maximum Gasteiger partial charge on any atom is 0.198 e. The predicted octanol–water partition coefficient (Wildman–Crippen LogP) is 4.68. The standard InChI is InChI=1S/C20H17N3OS/c1-15(24)19-21-23(17-11-6-3-7-12-17)20(18-13-8-14-25-18)22(19)16-9-4-2-5-10-16/h2-14,20H,1H3/t20-/m1/s1. The molecule has 0 N–H and O–H groups in total. The first-order chi connectivity index (χ1) is 12.3. The van der Waals surface area contributed by atoms with E-state index in [1.807, 2.05) is 82.0 Å². The molecule has 1 aromatic heterocycles. The smallest absolute Gasteiger partial charge is 0.198 e. The van der Waals surface area contributed by atoms with E-state index in [9.17, 15) is 4.79 Å². The zero-order chi connectivity index (χ0) is 17.2. The zero-order valence-electron chi connectivity index (χ0n) is 13.7. The summed E-state index contributed by atoms with van der Waals surface area (Å²) in [4.78, 5) is 15.5. The largest absolute Gasteiger partial charge is 0.294 e. The molecule has 2 heterocycles. The summed E-state index contributed by atoms with van der Waals surface area (Å²) in [6.45, 7) is 1.56. The van der Waals surface area contributed by atoms with Gasteiger partial charge < -0.3 is 0 Å². The minimum absolute atomic E-state index is 0.0520. The van der Waals surface area contributed by atoms with Gasteiger partial charge in [0.05, 0.1) is 5.69 Å². The van der Waals surface area contributed by atoms with Crippen molar-refractivity contribution in [2.45, 2.75) is 13.1 Å². The summed E-state index contributed by atoms with van der Waals surface area (Å²) >= 11 is 1.66. The van der Waals surface area contributed by atoms with Gasteiger partial charge >= 0.3 is 0 Å². The average molecular weight is 347 g/mol. The van der Waals surface area contributed by atoms with Gasteiger partial charge in [-0.3, -0.25) is 9.69 Å². The van der Waals surface area contributed by atoms with Crippen LogP contribution < -0.4 is 9.91 Å². The van der Waals surface area contributed by atoms with Gasteiger partial charge in [-0.05, 0) is 35.7 Å². The van der Waals surface area contributed by atoms with E-state index in [2.05, 4.69) is 11.2 Å². The number of hydrazone groups is 1. The fourth-order valence-electron chi connectivity index (χ4n) is 2.99. The van der Waals surface area contributed by atoms with Crippen molar-refractivity contribution in [3.05, 3.63) is 83.1 Å². The number of carbonyl (C=O) groups excluding carboxylic acids is 1. The van der Waals surface area contributed by atoms with Crippen LogP contribution in [-0.2, 0) is 4.79 Å². The summed E-state index contributed by atoms with van der Waals surface area (Å²) < 4.78 is 0. The number of hydrogen-bond donors (Lipinski definition) is 0. The van der Waals surface area contributed by atoms with Gasteiger partial charge in [-0.15, -0.1) is 16.4 Å². The summed E-state index contributed by atoms with van der Waals surface area (Å²) in [5.74, 6) is 0.400. The first-order valence-electron chi connectivity index (χ1n) is 8.07. The van der Waals surface area contributed by atoms with Crippen LogP contribution in [0.5, 0.6) is 0 Å². The third-order valence-electron chi connectivity index (χ3n) is 4.07. The van der Waals surface area contributed by atoms with Gasteiger partial charge in [0.15, 0.2) is 17.8 Å². The Bertz CT molecular complexity index is 891. The average Bonchev–Trinajstić information content (AvgIpc) is 3.30. The Morgan fingerprint density at radius 1 is 0.920 bits per heavy atom. The molecular formula is C20H17N3OS. The van der Waals surface area contributed by atoms with E-state index >= 15 is 0 Å². The van der Waals surface area contributed by atoms with Crippen molar-refractivity contribution >= 4 is 34.3 Å². The van der Waals surface area contributed by atoms with Crippen LogP contribution in [-0.4, -0.2) is 11.6 Å². The number of rotatable bonds is 4. The third kappa shape index (κ3) is 2.83. The van der Waals surface area contributed by atoms with E-state index in [4.69, 9.17) is 0 Å². The van der Waals surface area contributed by atoms with Gasteiger partial charge in [-0.25, -0.2) is 5.01 Å². The van der Waals surface area contributed by atoms with Gasteiger partial charge in [-0.1, -0.05) is 42.5 Å². The van der Waals surface area contributed by atoms with E-state index < -0.39 is 0 Å². The first-order valence-corrected chi connectivity index (χ1v) is 8.95. The minimum Gasteiger partial charge on any atom is -0.294 e. The molecule has 2 aromatic carbocycles. The van der Waals surface area contributed by atoms with Crippen LogP contribution >= 0.6 is 11.3 Å². The van der Waals surface area contributed by atoms with E-state index in [-0.39, 0.29) is 11.9 Å². The molecule has 0 bridgehead atoms. The first kappa shape index (κ1) is 15.6. The van der Waals surface area contributed by atoms with Crippen LogP contribution in [0.4, 0.5) is 11.4 Å². The molecule has 1 aliphatic heterocycles. The van der Waals surface area contributed by atoms with Crippen LogP contribution in [0, 0.1) is 0 Å². The zero-order valence-corrected chi connectivity index (χ0v) is 14.6. The quantitative estimate of drug-likeness (QED) is 0.688. The molecule has 0 saturated carbocycles. The molecule has 25 heavy (non-hydrogen) atoms. The highest BCUT2D eigenvalue weighted by molar-refractivity contribution is 7.10. The van der Waals surface area contributed by atoms with Crippen LogP contribution in [0.25, 0.3) is 0 Å². The fourth-order valence-corrected chi connectivity index (χ4v) is 3.79. The molecule has 1 aliphatic rings. The van der Waals surface area contributed by atoms with Crippen LogP contribution in [0.3, 0.4) is 0 Å². The predicted molar refractivity (Wildman–Crippen MR) is 103 cm³/mol. The van der Waals surface area contributed by atoms with E-state index in [1.54, 1.807) is 18.3 Å². The maximum absolute atomic E-state index is 12.3. The van der Waals surface area contributed by atoms with E-state index in [0.29, 0.717) is 5.84 Å². The Labute approximate surface area is 150 Å².